The highest BCUT2D eigenvalue weighted by molar-refractivity contribution is 7.15. The van der Waals surface area contributed by atoms with Crippen molar-refractivity contribution in [1.82, 2.24) is 20.3 Å². The molecule has 3 heterocycles. The molecule has 156 valence electrons. The summed E-state index contributed by atoms with van der Waals surface area (Å²) in [7, 11) is 0. The van der Waals surface area contributed by atoms with Crippen LogP contribution in [-0.2, 0) is 9.53 Å². The monoisotopic (exact) mass is 425 g/mol. The van der Waals surface area contributed by atoms with Crippen LogP contribution in [-0.4, -0.2) is 33.4 Å². The zero-order valence-electron chi connectivity index (χ0n) is 17.2. The van der Waals surface area contributed by atoms with Crippen molar-refractivity contribution < 1.29 is 14.3 Å². The van der Waals surface area contributed by atoms with Crippen LogP contribution in [0.2, 0.25) is 0 Å². The third-order valence-corrected chi connectivity index (χ3v) is 5.32. The second-order valence-electron chi connectivity index (χ2n) is 6.62. The van der Waals surface area contributed by atoms with Gasteiger partial charge in [-0.3, -0.25) is 4.79 Å². The number of carbonyl (C=O) groups excluding carboxylic acids is 2. The molecule has 30 heavy (non-hydrogen) atoms. The molecule has 0 radical (unpaired) electrons. The summed E-state index contributed by atoms with van der Waals surface area (Å²) in [5, 5.41) is 6.56. The van der Waals surface area contributed by atoms with E-state index < -0.39 is 5.97 Å². The van der Waals surface area contributed by atoms with Crippen molar-refractivity contribution in [3.8, 4) is 10.6 Å². The molecule has 0 aromatic carbocycles. The minimum atomic E-state index is -0.523. The largest absolute Gasteiger partial charge is 0.461 e. The SMILES string of the molecule is CCOC(=O)c1nc([C@H](C)NC(C)=O)sc1-c1cccc(Nc2cc(C)ccn2)n1. The summed E-state index contributed by atoms with van der Waals surface area (Å²) < 4.78 is 5.17. The van der Waals surface area contributed by atoms with E-state index >= 15 is 0 Å². The van der Waals surface area contributed by atoms with Gasteiger partial charge in [-0.1, -0.05) is 6.07 Å². The molecule has 8 nitrogen and oxygen atoms in total. The van der Waals surface area contributed by atoms with Crippen molar-refractivity contribution in [2.75, 3.05) is 11.9 Å². The topological polar surface area (TPSA) is 106 Å². The van der Waals surface area contributed by atoms with Gasteiger partial charge in [-0.2, -0.15) is 0 Å². The first-order valence-electron chi connectivity index (χ1n) is 9.49. The molecule has 3 aromatic rings. The van der Waals surface area contributed by atoms with Gasteiger partial charge in [-0.15, -0.1) is 11.3 Å². The van der Waals surface area contributed by atoms with Gasteiger partial charge in [0.05, 0.1) is 23.2 Å². The molecular formula is C21H23N5O3S. The maximum absolute atomic E-state index is 12.5. The summed E-state index contributed by atoms with van der Waals surface area (Å²) in [4.78, 5) is 37.8. The summed E-state index contributed by atoms with van der Waals surface area (Å²) in [5.41, 5.74) is 1.84. The highest BCUT2D eigenvalue weighted by Crippen LogP contribution is 2.33. The Balaban J connectivity index is 1.97. The van der Waals surface area contributed by atoms with Crippen LogP contribution in [0.3, 0.4) is 0 Å². The Morgan fingerprint density at radius 3 is 2.70 bits per heavy atom. The lowest BCUT2D eigenvalue weighted by atomic mass is 10.2. The third-order valence-electron chi connectivity index (χ3n) is 4.06. The number of pyridine rings is 2. The van der Waals surface area contributed by atoms with E-state index in [2.05, 4.69) is 25.6 Å². The Morgan fingerprint density at radius 1 is 1.20 bits per heavy atom. The summed E-state index contributed by atoms with van der Waals surface area (Å²) in [6.07, 6.45) is 1.72. The Hall–Kier alpha value is -3.33. The Bertz CT molecular complexity index is 1070. The minimum absolute atomic E-state index is 0.174. The summed E-state index contributed by atoms with van der Waals surface area (Å²) in [6, 6.07) is 8.95. The van der Waals surface area contributed by atoms with E-state index in [-0.39, 0.29) is 24.2 Å². The smallest absolute Gasteiger partial charge is 0.358 e. The average molecular weight is 426 g/mol. The van der Waals surface area contributed by atoms with Crippen LogP contribution >= 0.6 is 11.3 Å². The lowest BCUT2D eigenvalue weighted by Crippen LogP contribution is -2.23. The summed E-state index contributed by atoms with van der Waals surface area (Å²) in [6.45, 7) is 7.21. The number of anilines is 2. The zero-order chi connectivity index (χ0) is 21.7. The van der Waals surface area contributed by atoms with Crippen LogP contribution in [0.1, 0.15) is 47.9 Å². The van der Waals surface area contributed by atoms with Gasteiger partial charge in [0, 0.05) is 13.1 Å². The number of hydrogen-bond donors (Lipinski definition) is 2. The summed E-state index contributed by atoms with van der Waals surface area (Å²) >= 11 is 1.30. The van der Waals surface area contributed by atoms with Crippen LogP contribution in [0.5, 0.6) is 0 Å². The molecule has 0 bridgehead atoms. The maximum Gasteiger partial charge on any atom is 0.358 e. The minimum Gasteiger partial charge on any atom is -0.461 e. The molecule has 0 spiro atoms. The van der Waals surface area contributed by atoms with Gasteiger partial charge in [0.2, 0.25) is 5.91 Å². The van der Waals surface area contributed by atoms with Gasteiger partial charge in [-0.25, -0.2) is 19.7 Å². The van der Waals surface area contributed by atoms with Crippen molar-refractivity contribution in [2.45, 2.75) is 33.7 Å². The predicted molar refractivity (Wildman–Crippen MR) is 116 cm³/mol. The van der Waals surface area contributed by atoms with E-state index in [1.165, 1.54) is 18.3 Å². The van der Waals surface area contributed by atoms with Gasteiger partial charge >= 0.3 is 5.97 Å². The zero-order valence-corrected chi connectivity index (χ0v) is 18.0. The fraction of sp³-hybridized carbons (Fsp3) is 0.286. The van der Waals surface area contributed by atoms with E-state index in [1.54, 1.807) is 19.2 Å². The van der Waals surface area contributed by atoms with Crippen molar-refractivity contribution in [3.05, 3.63) is 52.8 Å². The lowest BCUT2D eigenvalue weighted by molar-refractivity contribution is -0.119. The molecule has 0 aliphatic carbocycles. The number of amides is 1. The van der Waals surface area contributed by atoms with Crippen LogP contribution in [0.15, 0.2) is 36.5 Å². The van der Waals surface area contributed by atoms with Gasteiger partial charge in [0.1, 0.15) is 16.6 Å². The molecule has 0 unspecified atom stereocenters. The number of carbonyl (C=O) groups is 2. The van der Waals surface area contributed by atoms with E-state index in [0.29, 0.717) is 27.2 Å². The first kappa shape index (κ1) is 21.4. The molecule has 3 aromatic heterocycles. The second kappa shape index (κ2) is 9.45. The quantitative estimate of drug-likeness (QED) is 0.551. The molecule has 0 saturated heterocycles. The molecule has 0 aliphatic heterocycles. The van der Waals surface area contributed by atoms with Crippen LogP contribution < -0.4 is 10.6 Å². The van der Waals surface area contributed by atoms with Crippen molar-refractivity contribution in [3.63, 3.8) is 0 Å². The standard InChI is InChI=1S/C21H23N5O3S/c1-5-29-21(28)18-19(30-20(26-18)13(3)23-14(4)27)15-7-6-8-16(24-15)25-17-11-12(2)9-10-22-17/h6-11,13H,5H2,1-4H3,(H,23,27)(H,22,24,25)/t13-/m0/s1. The number of nitrogens with one attached hydrogen (secondary N) is 2. The number of esters is 1. The molecule has 3 rings (SSSR count). The number of ether oxygens (including phenoxy) is 1. The Kier molecular flexibility index (Phi) is 6.73. The van der Waals surface area contributed by atoms with Gasteiger partial charge < -0.3 is 15.4 Å². The van der Waals surface area contributed by atoms with Crippen molar-refractivity contribution in [2.24, 2.45) is 0 Å². The van der Waals surface area contributed by atoms with E-state index in [0.717, 1.165) is 5.56 Å². The molecule has 0 saturated carbocycles. The number of thiazole rings is 1. The highest BCUT2D eigenvalue weighted by atomic mass is 32.1. The van der Waals surface area contributed by atoms with Crippen LogP contribution in [0.4, 0.5) is 11.6 Å². The highest BCUT2D eigenvalue weighted by Gasteiger charge is 2.24. The molecule has 9 heteroatoms. The number of nitrogens with zero attached hydrogens (tertiary/aromatic N) is 3. The van der Waals surface area contributed by atoms with Crippen molar-refractivity contribution in [1.29, 1.82) is 0 Å². The average Bonchev–Trinajstić information content (AvgIpc) is 3.14. The molecule has 0 aliphatic rings. The number of aryl methyl sites for hydroxylation is 1. The Labute approximate surface area is 178 Å². The van der Waals surface area contributed by atoms with Crippen LogP contribution in [0, 0.1) is 6.92 Å². The number of aromatic nitrogens is 3. The summed E-state index contributed by atoms with van der Waals surface area (Å²) in [5.74, 6) is 0.567. The van der Waals surface area contributed by atoms with Crippen LogP contribution in [0.25, 0.3) is 10.6 Å². The number of hydrogen-bond acceptors (Lipinski definition) is 8. The Morgan fingerprint density at radius 2 is 2.00 bits per heavy atom. The third kappa shape index (κ3) is 5.18. The van der Waals surface area contributed by atoms with E-state index in [9.17, 15) is 9.59 Å². The fourth-order valence-corrected chi connectivity index (χ4v) is 3.79. The lowest BCUT2D eigenvalue weighted by Gasteiger charge is -2.08. The molecule has 1 amide bonds. The molecule has 1 atom stereocenters. The van der Waals surface area contributed by atoms with Gasteiger partial charge in [0.25, 0.3) is 0 Å². The predicted octanol–water partition coefficient (Wildman–Crippen LogP) is 4.03. The molecule has 2 N–H and O–H groups in total. The first-order chi connectivity index (χ1) is 14.4. The van der Waals surface area contributed by atoms with E-state index in [1.807, 2.05) is 38.1 Å². The molecule has 0 fully saturated rings. The number of rotatable bonds is 7. The maximum atomic E-state index is 12.5. The normalized spacial score (nSPS) is 11.6. The van der Waals surface area contributed by atoms with E-state index in [4.69, 9.17) is 4.74 Å². The fourth-order valence-electron chi connectivity index (χ4n) is 2.77. The van der Waals surface area contributed by atoms with Crippen molar-refractivity contribution >= 4 is 34.8 Å². The molecular weight excluding hydrogens is 402 g/mol. The second-order valence-corrected chi connectivity index (χ2v) is 7.65. The van der Waals surface area contributed by atoms with Gasteiger partial charge in [-0.05, 0) is 50.6 Å². The first-order valence-corrected chi connectivity index (χ1v) is 10.3. The van der Waals surface area contributed by atoms with Gasteiger partial charge in [0.15, 0.2) is 5.69 Å².